The molecule has 0 radical (unpaired) electrons. The summed E-state index contributed by atoms with van der Waals surface area (Å²) in [6.07, 6.45) is 1.90. The molecular weight excluding hydrogens is 170 g/mol. The number of benzene rings is 2. The molecule has 3 N–H and O–H groups in total. The maximum absolute atomic E-state index is 3.94. The molecule has 0 aliphatic carbocycles. The van der Waals surface area contributed by atoms with Crippen LogP contribution in [0.1, 0.15) is 11.1 Å². The van der Waals surface area contributed by atoms with Gasteiger partial charge in [0.25, 0.3) is 0 Å². The Morgan fingerprint density at radius 3 is 2.43 bits per heavy atom. The zero-order chi connectivity index (χ0) is 9.97. The fourth-order valence-electron chi connectivity index (χ4n) is 1.78. The molecule has 2 aromatic rings. The zero-order valence-electron chi connectivity index (χ0n) is 8.16. The number of quaternary nitrogens is 1. The van der Waals surface area contributed by atoms with Crippen molar-refractivity contribution in [2.75, 3.05) is 0 Å². The molecule has 2 aromatic carbocycles. The minimum absolute atomic E-state index is 0.831. The van der Waals surface area contributed by atoms with E-state index in [1.54, 1.807) is 0 Å². The molecule has 0 saturated heterocycles. The van der Waals surface area contributed by atoms with E-state index >= 15 is 0 Å². The van der Waals surface area contributed by atoms with Gasteiger partial charge in [0.15, 0.2) is 0 Å². The van der Waals surface area contributed by atoms with Crippen LogP contribution in [0.5, 0.6) is 0 Å². The third-order valence-electron chi connectivity index (χ3n) is 2.54. The van der Waals surface area contributed by atoms with E-state index in [9.17, 15) is 0 Å². The van der Waals surface area contributed by atoms with Crippen molar-refractivity contribution in [2.24, 2.45) is 0 Å². The van der Waals surface area contributed by atoms with Crippen LogP contribution in [0.4, 0.5) is 0 Å². The molecule has 1 nitrogen and oxygen atoms in total. The second-order valence-electron chi connectivity index (χ2n) is 3.31. The number of fused-ring (bicyclic) bond motifs is 1. The molecule has 0 fully saturated rings. The van der Waals surface area contributed by atoms with Gasteiger partial charge in [-0.2, -0.15) is 0 Å². The lowest BCUT2D eigenvalue weighted by atomic mass is 10.00. The summed E-state index contributed by atoms with van der Waals surface area (Å²) in [6, 6.07) is 12.6. The van der Waals surface area contributed by atoms with E-state index in [1.807, 2.05) is 6.08 Å². The second kappa shape index (κ2) is 3.64. The summed E-state index contributed by atoms with van der Waals surface area (Å²) < 4.78 is 0. The molecule has 0 atom stereocenters. The van der Waals surface area contributed by atoms with Crippen molar-refractivity contribution in [3.05, 3.63) is 54.1 Å². The number of hydrogen-bond donors (Lipinski definition) is 1. The third-order valence-corrected chi connectivity index (χ3v) is 2.54. The van der Waals surface area contributed by atoms with Crippen LogP contribution in [0.25, 0.3) is 16.8 Å². The molecule has 0 bridgehead atoms. The van der Waals surface area contributed by atoms with Crippen molar-refractivity contribution in [1.82, 2.24) is 0 Å². The Morgan fingerprint density at radius 2 is 1.79 bits per heavy atom. The van der Waals surface area contributed by atoms with E-state index in [4.69, 9.17) is 0 Å². The smallest absolute Gasteiger partial charge is 0.100 e. The zero-order valence-corrected chi connectivity index (χ0v) is 8.16. The minimum atomic E-state index is 0.831. The van der Waals surface area contributed by atoms with E-state index < -0.39 is 0 Å². The molecule has 0 heterocycles. The molecule has 0 aliphatic rings. The average Bonchev–Trinajstić information content (AvgIpc) is 2.27. The Balaban J connectivity index is 2.84. The van der Waals surface area contributed by atoms with E-state index in [2.05, 4.69) is 48.7 Å². The van der Waals surface area contributed by atoms with E-state index in [0.717, 1.165) is 6.54 Å². The maximum Gasteiger partial charge on any atom is 0.100 e. The standard InChI is InChI=1S/C13H13N/c1-2-10-7-8-11(9-14)13-6-4-3-5-12(10)13/h2-8H,1,9,14H2/p+1. The Kier molecular flexibility index (Phi) is 2.33. The van der Waals surface area contributed by atoms with Gasteiger partial charge in [-0.1, -0.05) is 49.1 Å². The Labute approximate surface area is 83.9 Å². The predicted octanol–water partition coefficient (Wildman–Crippen LogP) is 2.22. The number of rotatable bonds is 2. The normalized spacial score (nSPS) is 10.4. The van der Waals surface area contributed by atoms with Gasteiger partial charge in [0.1, 0.15) is 6.54 Å². The monoisotopic (exact) mass is 184 g/mol. The molecular formula is C13H14N+. The van der Waals surface area contributed by atoms with Gasteiger partial charge in [0.2, 0.25) is 0 Å². The number of hydrogen-bond acceptors (Lipinski definition) is 0. The second-order valence-corrected chi connectivity index (χ2v) is 3.31. The Hall–Kier alpha value is -1.60. The van der Waals surface area contributed by atoms with Gasteiger partial charge in [0.05, 0.1) is 0 Å². The lowest BCUT2D eigenvalue weighted by molar-refractivity contribution is -0.386. The van der Waals surface area contributed by atoms with Crippen LogP contribution in [0.3, 0.4) is 0 Å². The summed E-state index contributed by atoms with van der Waals surface area (Å²) >= 11 is 0. The molecule has 2 rings (SSSR count). The van der Waals surface area contributed by atoms with Gasteiger partial charge >= 0.3 is 0 Å². The molecule has 0 unspecified atom stereocenters. The largest absolute Gasteiger partial charge is 0.354 e. The van der Waals surface area contributed by atoms with Crippen LogP contribution in [-0.2, 0) is 6.54 Å². The quantitative estimate of drug-likeness (QED) is 0.741. The van der Waals surface area contributed by atoms with Gasteiger partial charge in [-0.05, 0) is 16.3 Å². The van der Waals surface area contributed by atoms with Gasteiger partial charge < -0.3 is 5.73 Å². The van der Waals surface area contributed by atoms with Crippen LogP contribution in [0, 0.1) is 0 Å². The molecule has 0 spiro atoms. The first kappa shape index (κ1) is 8.97. The van der Waals surface area contributed by atoms with Crippen LogP contribution in [0.2, 0.25) is 0 Å². The van der Waals surface area contributed by atoms with Gasteiger partial charge in [0, 0.05) is 5.56 Å². The summed E-state index contributed by atoms with van der Waals surface area (Å²) in [5.74, 6) is 0. The molecule has 0 aliphatic heterocycles. The first-order valence-electron chi connectivity index (χ1n) is 4.79. The highest BCUT2D eigenvalue weighted by Crippen LogP contribution is 2.22. The third kappa shape index (κ3) is 1.32. The van der Waals surface area contributed by atoms with Crippen LogP contribution < -0.4 is 5.73 Å². The highest BCUT2D eigenvalue weighted by molar-refractivity contribution is 5.92. The molecule has 0 aromatic heterocycles. The lowest BCUT2D eigenvalue weighted by Crippen LogP contribution is -2.47. The fraction of sp³-hybridized carbons (Fsp3) is 0.0769. The predicted molar refractivity (Wildman–Crippen MR) is 60.6 cm³/mol. The van der Waals surface area contributed by atoms with Gasteiger partial charge in [-0.25, -0.2) is 0 Å². The fourth-order valence-corrected chi connectivity index (χ4v) is 1.78. The van der Waals surface area contributed by atoms with E-state index in [0.29, 0.717) is 0 Å². The summed E-state index contributed by atoms with van der Waals surface area (Å²) in [4.78, 5) is 0. The van der Waals surface area contributed by atoms with Crippen molar-refractivity contribution in [3.8, 4) is 0 Å². The van der Waals surface area contributed by atoms with Crippen molar-refractivity contribution in [1.29, 1.82) is 0 Å². The topological polar surface area (TPSA) is 27.6 Å². The highest BCUT2D eigenvalue weighted by atomic mass is 14.5. The summed E-state index contributed by atoms with van der Waals surface area (Å²) in [5, 5.41) is 2.56. The first-order valence-corrected chi connectivity index (χ1v) is 4.79. The van der Waals surface area contributed by atoms with Gasteiger partial charge in [-0.3, -0.25) is 0 Å². The van der Waals surface area contributed by atoms with Crippen LogP contribution in [0.15, 0.2) is 43.0 Å². The van der Waals surface area contributed by atoms with Crippen molar-refractivity contribution in [2.45, 2.75) is 6.54 Å². The molecule has 0 saturated carbocycles. The summed E-state index contributed by atoms with van der Waals surface area (Å²) in [6.45, 7) is 4.65. The SMILES string of the molecule is C=Cc1ccc(C[NH3+])c2ccccc12. The molecule has 14 heavy (non-hydrogen) atoms. The summed E-state index contributed by atoms with van der Waals surface area (Å²) in [5.41, 5.74) is 6.43. The Bertz CT molecular complexity index is 472. The van der Waals surface area contributed by atoms with Crippen molar-refractivity contribution < 1.29 is 5.73 Å². The molecule has 1 heteroatoms. The summed E-state index contributed by atoms with van der Waals surface area (Å²) in [7, 11) is 0. The molecule has 70 valence electrons. The average molecular weight is 184 g/mol. The van der Waals surface area contributed by atoms with Gasteiger partial charge in [-0.15, -0.1) is 0 Å². The maximum atomic E-state index is 3.94. The van der Waals surface area contributed by atoms with Crippen LogP contribution >= 0.6 is 0 Å². The minimum Gasteiger partial charge on any atom is -0.354 e. The van der Waals surface area contributed by atoms with E-state index in [1.165, 1.54) is 21.9 Å². The Morgan fingerprint density at radius 1 is 1.07 bits per heavy atom. The van der Waals surface area contributed by atoms with Crippen LogP contribution in [-0.4, -0.2) is 0 Å². The van der Waals surface area contributed by atoms with Crippen molar-refractivity contribution >= 4 is 16.8 Å². The molecule has 0 amide bonds. The first-order chi connectivity index (χ1) is 6.86. The highest BCUT2D eigenvalue weighted by Gasteiger charge is 2.02. The van der Waals surface area contributed by atoms with E-state index in [-0.39, 0.29) is 0 Å². The van der Waals surface area contributed by atoms with Crippen molar-refractivity contribution in [3.63, 3.8) is 0 Å². The lowest BCUT2D eigenvalue weighted by Gasteiger charge is -2.05.